The summed E-state index contributed by atoms with van der Waals surface area (Å²) < 4.78 is 10.9. The lowest BCUT2D eigenvalue weighted by Crippen LogP contribution is -2.37. The second-order valence-electron chi connectivity index (χ2n) is 8.78. The first-order valence-electron chi connectivity index (χ1n) is 12.5. The van der Waals surface area contributed by atoms with Gasteiger partial charge >= 0.3 is 5.97 Å². The molecule has 1 fully saturated rings. The van der Waals surface area contributed by atoms with Crippen molar-refractivity contribution in [3.05, 3.63) is 59.8 Å². The zero-order valence-electron chi connectivity index (χ0n) is 21.5. The molecule has 10 nitrogen and oxygen atoms in total. The zero-order valence-corrected chi connectivity index (χ0v) is 21.5. The highest BCUT2D eigenvalue weighted by Crippen LogP contribution is 2.29. The number of nitrogens with zero attached hydrogens (tertiary/aromatic N) is 4. The number of rotatable bonds is 9. The predicted octanol–water partition coefficient (Wildman–Crippen LogP) is 4.45. The van der Waals surface area contributed by atoms with Gasteiger partial charge in [-0.25, -0.2) is 14.8 Å². The maximum atomic E-state index is 12.9. The molecule has 0 bridgehead atoms. The number of carbonyl (C=O) groups is 2. The second kappa shape index (κ2) is 12.7. The Bertz CT molecular complexity index is 1330. The van der Waals surface area contributed by atoms with Crippen LogP contribution in [-0.4, -0.2) is 54.8 Å². The lowest BCUT2D eigenvalue weighted by molar-refractivity contribution is -0.115. The summed E-state index contributed by atoms with van der Waals surface area (Å²) in [5.74, 6) is -0.351. The number of ether oxygens (including phenoxy) is 2. The lowest BCUT2D eigenvalue weighted by atomic mass is 10.1. The van der Waals surface area contributed by atoms with Crippen LogP contribution in [0, 0.1) is 18.3 Å². The molecule has 2 N–H and O–H groups in total. The lowest BCUT2D eigenvalue weighted by Gasteiger charge is -2.30. The summed E-state index contributed by atoms with van der Waals surface area (Å²) in [5, 5.41) is 14.6. The summed E-state index contributed by atoms with van der Waals surface area (Å²) in [6.07, 6.45) is 2.27. The highest BCUT2D eigenvalue weighted by Gasteiger charge is 2.21. The van der Waals surface area contributed by atoms with Crippen LogP contribution in [0.3, 0.4) is 0 Å². The van der Waals surface area contributed by atoms with Crippen molar-refractivity contribution >= 4 is 34.9 Å². The third kappa shape index (κ3) is 6.63. The molecule has 0 saturated carbocycles. The Balaban J connectivity index is 1.57. The highest BCUT2D eigenvalue weighted by atomic mass is 16.5. The standard InChI is InChI=1S/C28H30N6O4/c1-3-14-38-27(36)23-17-22(8-9-24(23)34-12-15-37-16-13-34)32-28-30-18-19(2)26(33-28)20-4-6-21(7-5-20)31-25(35)10-11-29/h4-9,17-18H,3,10,12-16H2,1-2H3,(H,31,35)(H,30,32,33). The number of aromatic nitrogens is 2. The molecule has 0 aliphatic carbocycles. The van der Waals surface area contributed by atoms with Gasteiger partial charge in [-0.1, -0.05) is 19.1 Å². The molecule has 196 valence electrons. The minimum absolute atomic E-state index is 0.201. The van der Waals surface area contributed by atoms with Crippen LogP contribution < -0.4 is 15.5 Å². The highest BCUT2D eigenvalue weighted by molar-refractivity contribution is 5.97. The fourth-order valence-corrected chi connectivity index (χ4v) is 4.04. The van der Waals surface area contributed by atoms with E-state index in [0.29, 0.717) is 55.8 Å². The third-order valence-electron chi connectivity index (χ3n) is 5.92. The van der Waals surface area contributed by atoms with Crippen molar-refractivity contribution < 1.29 is 19.1 Å². The minimum atomic E-state index is -0.371. The van der Waals surface area contributed by atoms with Crippen molar-refractivity contribution in [1.29, 1.82) is 5.26 Å². The second-order valence-corrected chi connectivity index (χ2v) is 8.78. The number of morpholine rings is 1. The Morgan fingerprint density at radius 1 is 1.13 bits per heavy atom. The van der Waals surface area contributed by atoms with Crippen LogP contribution in [-0.2, 0) is 14.3 Å². The van der Waals surface area contributed by atoms with Crippen LogP contribution in [0.4, 0.5) is 23.0 Å². The van der Waals surface area contributed by atoms with Gasteiger partial charge in [-0.3, -0.25) is 4.79 Å². The average molecular weight is 515 g/mol. The molecule has 1 aliphatic heterocycles. The Morgan fingerprint density at radius 3 is 2.58 bits per heavy atom. The van der Waals surface area contributed by atoms with Gasteiger partial charge in [0.2, 0.25) is 11.9 Å². The van der Waals surface area contributed by atoms with E-state index in [1.54, 1.807) is 24.4 Å². The molecule has 1 aliphatic rings. The van der Waals surface area contributed by atoms with Crippen molar-refractivity contribution in [3.63, 3.8) is 0 Å². The van der Waals surface area contributed by atoms with Gasteiger partial charge in [-0.15, -0.1) is 0 Å². The predicted molar refractivity (Wildman–Crippen MR) is 144 cm³/mol. The molecule has 4 rings (SSSR count). The molecule has 0 unspecified atom stereocenters. The summed E-state index contributed by atoms with van der Waals surface area (Å²) in [5.41, 5.74) is 5.00. The first-order valence-corrected chi connectivity index (χ1v) is 12.5. The van der Waals surface area contributed by atoms with E-state index in [-0.39, 0.29) is 18.3 Å². The first kappa shape index (κ1) is 26.6. The number of benzene rings is 2. The number of hydrogen-bond acceptors (Lipinski definition) is 9. The molecule has 38 heavy (non-hydrogen) atoms. The zero-order chi connectivity index (χ0) is 26.9. The number of aryl methyl sites for hydroxylation is 1. The Hall–Kier alpha value is -4.49. The molecule has 10 heteroatoms. The molecule has 1 saturated heterocycles. The molecule has 1 amide bonds. The summed E-state index contributed by atoms with van der Waals surface area (Å²) in [4.78, 5) is 35.8. The Kier molecular flexibility index (Phi) is 8.85. The normalized spacial score (nSPS) is 12.9. The monoisotopic (exact) mass is 514 g/mol. The molecule has 1 aromatic heterocycles. The van der Waals surface area contributed by atoms with Gasteiger partial charge in [0.1, 0.15) is 6.42 Å². The van der Waals surface area contributed by atoms with Crippen molar-refractivity contribution in [2.75, 3.05) is 48.4 Å². The van der Waals surface area contributed by atoms with E-state index < -0.39 is 0 Å². The van der Waals surface area contributed by atoms with Crippen LogP contribution in [0.2, 0.25) is 0 Å². The van der Waals surface area contributed by atoms with Gasteiger partial charge in [-0.2, -0.15) is 5.26 Å². The van der Waals surface area contributed by atoms with Crippen molar-refractivity contribution in [2.24, 2.45) is 0 Å². The van der Waals surface area contributed by atoms with E-state index in [0.717, 1.165) is 28.9 Å². The summed E-state index contributed by atoms with van der Waals surface area (Å²) in [6.45, 7) is 6.84. The van der Waals surface area contributed by atoms with Crippen LogP contribution in [0.15, 0.2) is 48.7 Å². The van der Waals surface area contributed by atoms with E-state index in [9.17, 15) is 9.59 Å². The molecule has 2 aromatic carbocycles. The fourth-order valence-electron chi connectivity index (χ4n) is 4.04. The minimum Gasteiger partial charge on any atom is -0.462 e. The van der Waals surface area contributed by atoms with Crippen LogP contribution in [0.5, 0.6) is 0 Å². The number of amides is 1. The smallest absolute Gasteiger partial charge is 0.340 e. The van der Waals surface area contributed by atoms with Crippen molar-refractivity contribution in [1.82, 2.24) is 9.97 Å². The SMILES string of the molecule is CCCOC(=O)c1cc(Nc2ncc(C)c(-c3ccc(NC(=O)CC#N)cc3)n2)ccc1N1CCOCC1. The number of carbonyl (C=O) groups excluding carboxylic acids is 2. The van der Waals surface area contributed by atoms with Crippen LogP contribution in [0.25, 0.3) is 11.3 Å². The van der Waals surface area contributed by atoms with E-state index in [1.807, 2.05) is 44.2 Å². The van der Waals surface area contributed by atoms with Crippen LogP contribution in [0.1, 0.15) is 35.7 Å². The van der Waals surface area contributed by atoms with Gasteiger partial charge in [0.25, 0.3) is 0 Å². The van der Waals surface area contributed by atoms with Gasteiger partial charge < -0.3 is 25.0 Å². The first-order chi connectivity index (χ1) is 18.5. The number of nitriles is 1. The molecule has 3 aromatic rings. The van der Waals surface area contributed by atoms with Crippen molar-refractivity contribution in [3.8, 4) is 17.3 Å². The summed E-state index contributed by atoms with van der Waals surface area (Å²) >= 11 is 0. The van der Waals surface area contributed by atoms with Gasteiger partial charge in [0.15, 0.2) is 0 Å². The molecule has 0 radical (unpaired) electrons. The Labute approximate surface area is 221 Å². The van der Waals surface area contributed by atoms with E-state index in [4.69, 9.17) is 19.7 Å². The number of nitrogens with one attached hydrogen (secondary N) is 2. The topological polar surface area (TPSA) is 129 Å². The maximum Gasteiger partial charge on any atom is 0.340 e. The third-order valence-corrected chi connectivity index (χ3v) is 5.92. The van der Waals surface area contributed by atoms with Gasteiger partial charge in [-0.05, 0) is 49.2 Å². The number of anilines is 4. The molecule has 2 heterocycles. The number of esters is 1. The largest absolute Gasteiger partial charge is 0.462 e. The van der Waals surface area contributed by atoms with Crippen molar-refractivity contribution in [2.45, 2.75) is 26.7 Å². The quantitative estimate of drug-likeness (QED) is 0.398. The fraction of sp³-hybridized carbons (Fsp3) is 0.321. The Morgan fingerprint density at radius 2 is 1.87 bits per heavy atom. The summed E-state index contributed by atoms with van der Waals surface area (Å²) in [7, 11) is 0. The molecular formula is C28H30N6O4. The molecule has 0 spiro atoms. The van der Waals surface area contributed by atoms with Crippen LogP contribution >= 0.6 is 0 Å². The molecule has 0 atom stereocenters. The number of hydrogen-bond donors (Lipinski definition) is 2. The molecular weight excluding hydrogens is 484 g/mol. The summed E-state index contributed by atoms with van der Waals surface area (Å²) in [6, 6.07) is 14.6. The van der Waals surface area contributed by atoms with Gasteiger partial charge in [0.05, 0.1) is 42.8 Å². The van der Waals surface area contributed by atoms with Gasteiger partial charge in [0, 0.05) is 36.2 Å². The average Bonchev–Trinajstić information content (AvgIpc) is 2.94. The van der Waals surface area contributed by atoms with E-state index in [2.05, 4.69) is 20.5 Å². The van der Waals surface area contributed by atoms with E-state index >= 15 is 0 Å². The van der Waals surface area contributed by atoms with E-state index in [1.165, 1.54) is 0 Å². The maximum absolute atomic E-state index is 12.9.